The Morgan fingerprint density at radius 3 is 2.52 bits per heavy atom. The van der Waals surface area contributed by atoms with Crippen molar-refractivity contribution < 1.29 is 23.9 Å². The first-order valence-corrected chi connectivity index (χ1v) is 10.2. The molecule has 8 heteroatoms. The number of halogens is 1. The number of hydrogen-bond donors (Lipinski definition) is 1. The molecule has 1 N–H and O–H groups in total. The van der Waals surface area contributed by atoms with Gasteiger partial charge >= 0.3 is 0 Å². The molecule has 4 atom stereocenters. The SMILES string of the molecule is COc1ccc(C(=O)NC[C@@]23C=C[C@@H](O2)[C@@H]2C(=O)N(c4ccc(Cl)cc4)C(=O)[C@@H]23)cc1. The molecule has 0 aliphatic carbocycles. The van der Waals surface area contributed by atoms with Gasteiger partial charge in [0.2, 0.25) is 11.8 Å². The van der Waals surface area contributed by atoms with Crippen molar-refractivity contribution >= 4 is 35.0 Å². The highest BCUT2D eigenvalue weighted by atomic mass is 35.5. The molecule has 0 radical (unpaired) electrons. The lowest BCUT2D eigenvalue weighted by Crippen LogP contribution is -2.48. The number of ether oxygens (including phenoxy) is 2. The van der Waals surface area contributed by atoms with Crippen LogP contribution < -0.4 is 15.0 Å². The summed E-state index contributed by atoms with van der Waals surface area (Å²) in [4.78, 5) is 40.2. The summed E-state index contributed by atoms with van der Waals surface area (Å²) in [5, 5.41) is 3.37. The second-order valence-corrected chi connectivity index (χ2v) is 8.24. The van der Waals surface area contributed by atoms with E-state index in [9.17, 15) is 14.4 Å². The lowest BCUT2D eigenvalue weighted by Gasteiger charge is -2.29. The van der Waals surface area contributed by atoms with Crippen LogP contribution in [0.15, 0.2) is 60.7 Å². The molecule has 3 heterocycles. The summed E-state index contributed by atoms with van der Waals surface area (Å²) < 4.78 is 11.2. The predicted molar refractivity (Wildman–Crippen MR) is 113 cm³/mol. The van der Waals surface area contributed by atoms with Crippen molar-refractivity contribution in [3.05, 3.63) is 71.3 Å². The molecule has 158 valence electrons. The molecule has 2 aromatic rings. The average molecular weight is 439 g/mol. The molecule has 0 spiro atoms. The molecule has 3 aliphatic heterocycles. The van der Waals surface area contributed by atoms with Gasteiger partial charge in [-0.05, 0) is 48.5 Å². The Bertz CT molecular complexity index is 1100. The van der Waals surface area contributed by atoms with Crippen LogP contribution in [0.1, 0.15) is 10.4 Å². The number of nitrogens with one attached hydrogen (secondary N) is 1. The zero-order valence-electron chi connectivity index (χ0n) is 16.6. The predicted octanol–water partition coefficient (Wildman–Crippen LogP) is 2.59. The summed E-state index contributed by atoms with van der Waals surface area (Å²) in [7, 11) is 1.55. The maximum Gasteiger partial charge on any atom is 0.251 e. The summed E-state index contributed by atoms with van der Waals surface area (Å²) >= 11 is 5.94. The molecule has 2 bridgehead atoms. The topological polar surface area (TPSA) is 84.9 Å². The maximum absolute atomic E-state index is 13.3. The van der Waals surface area contributed by atoms with Crippen molar-refractivity contribution in [1.29, 1.82) is 0 Å². The van der Waals surface area contributed by atoms with Gasteiger partial charge in [0.25, 0.3) is 5.91 Å². The van der Waals surface area contributed by atoms with Gasteiger partial charge in [-0.25, -0.2) is 4.90 Å². The summed E-state index contributed by atoms with van der Waals surface area (Å²) in [6, 6.07) is 13.3. The van der Waals surface area contributed by atoms with Crippen molar-refractivity contribution in [2.45, 2.75) is 11.7 Å². The van der Waals surface area contributed by atoms with Crippen LogP contribution in [0.25, 0.3) is 0 Å². The van der Waals surface area contributed by atoms with Crippen LogP contribution in [-0.2, 0) is 14.3 Å². The molecule has 0 unspecified atom stereocenters. The van der Waals surface area contributed by atoms with Crippen LogP contribution in [0.3, 0.4) is 0 Å². The standard InChI is InChI=1S/C23H19ClN2O5/c1-30-16-8-2-13(3-9-16)20(27)25-12-23-11-10-17(31-23)18-19(23)22(29)26(21(18)28)15-6-4-14(24)5-7-15/h2-11,17-19H,12H2,1H3,(H,25,27)/t17-,18+,19-,23-/m1/s1. The Balaban J connectivity index is 1.37. The van der Waals surface area contributed by atoms with Gasteiger partial charge in [0.15, 0.2) is 0 Å². The van der Waals surface area contributed by atoms with E-state index in [1.807, 2.05) is 0 Å². The van der Waals surface area contributed by atoms with E-state index < -0.39 is 23.5 Å². The van der Waals surface area contributed by atoms with Crippen LogP contribution in [-0.4, -0.2) is 43.1 Å². The first-order chi connectivity index (χ1) is 14.9. The molecule has 3 amide bonds. The van der Waals surface area contributed by atoms with Gasteiger partial charge in [0, 0.05) is 10.6 Å². The number of imide groups is 1. The number of carbonyl (C=O) groups excluding carboxylic acids is 3. The average Bonchev–Trinajstić information content (AvgIpc) is 3.43. The summed E-state index contributed by atoms with van der Waals surface area (Å²) in [6.07, 6.45) is 3.11. The Hall–Kier alpha value is -3.16. The van der Waals surface area contributed by atoms with E-state index in [-0.39, 0.29) is 24.3 Å². The van der Waals surface area contributed by atoms with Gasteiger partial charge in [0.05, 0.1) is 37.3 Å². The van der Waals surface area contributed by atoms with Crippen LogP contribution in [0.5, 0.6) is 5.75 Å². The summed E-state index contributed by atoms with van der Waals surface area (Å²) in [5.74, 6) is -1.57. The number of carbonyl (C=O) groups is 3. The first-order valence-electron chi connectivity index (χ1n) is 9.86. The van der Waals surface area contributed by atoms with E-state index in [0.717, 1.165) is 0 Å². The smallest absolute Gasteiger partial charge is 0.251 e. The monoisotopic (exact) mass is 438 g/mol. The van der Waals surface area contributed by atoms with E-state index in [2.05, 4.69) is 5.32 Å². The Kier molecular flexibility index (Phi) is 4.60. The lowest BCUT2D eigenvalue weighted by atomic mass is 9.77. The Labute approximate surface area is 183 Å². The number of rotatable bonds is 5. The summed E-state index contributed by atoms with van der Waals surface area (Å²) in [6.45, 7) is 0.0828. The number of anilines is 1. The van der Waals surface area contributed by atoms with E-state index in [0.29, 0.717) is 22.0 Å². The number of amides is 3. The zero-order chi connectivity index (χ0) is 21.8. The fourth-order valence-corrected chi connectivity index (χ4v) is 4.74. The Morgan fingerprint density at radius 1 is 1.13 bits per heavy atom. The molecule has 31 heavy (non-hydrogen) atoms. The van der Waals surface area contributed by atoms with Crippen LogP contribution in [0.2, 0.25) is 5.02 Å². The highest BCUT2D eigenvalue weighted by Gasteiger charge is 2.67. The van der Waals surface area contributed by atoms with Gasteiger partial charge in [-0.3, -0.25) is 14.4 Å². The minimum Gasteiger partial charge on any atom is -0.497 e. The van der Waals surface area contributed by atoms with Crippen molar-refractivity contribution in [3.8, 4) is 5.75 Å². The molecule has 2 fully saturated rings. The molecule has 0 aromatic heterocycles. The van der Waals surface area contributed by atoms with Gasteiger partial charge in [-0.15, -0.1) is 0 Å². The molecule has 0 saturated carbocycles. The van der Waals surface area contributed by atoms with Crippen molar-refractivity contribution in [1.82, 2.24) is 5.32 Å². The largest absolute Gasteiger partial charge is 0.497 e. The fourth-order valence-electron chi connectivity index (χ4n) is 4.61. The van der Waals surface area contributed by atoms with E-state index in [4.69, 9.17) is 21.1 Å². The number of fused-ring (bicyclic) bond motifs is 5. The van der Waals surface area contributed by atoms with Crippen LogP contribution >= 0.6 is 11.6 Å². The fraction of sp³-hybridized carbons (Fsp3) is 0.261. The minimum atomic E-state index is -1.05. The van der Waals surface area contributed by atoms with E-state index in [1.165, 1.54) is 4.90 Å². The van der Waals surface area contributed by atoms with Crippen molar-refractivity contribution in [2.24, 2.45) is 11.8 Å². The summed E-state index contributed by atoms with van der Waals surface area (Å²) in [5.41, 5.74) is -0.113. The van der Waals surface area contributed by atoms with Gasteiger partial charge in [0.1, 0.15) is 11.4 Å². The molecule has 7 nitrogen and oxygen atoms in total. The third-order valence-corrected chi connectivity index (χ3v) is 6.37. The van der Waals surface area contributed by atoms with Gasteiger partial charge < -0.3 is 14.8 Å². The molecular weight excluding hydrogens is 420 g/mol. The lowest BCUT2D eigenvalue weighted by molar-refractivity contribution is -0.126. The second-order valence-electron chi connectivity index (χ2n) is 7.80. The minimum absolute atomic E-state index is 0.0828. The number of benzene rings is 2. The first kappa shape index (κ1) is 19.8. The van der Waals surface area contributed by atoms with Gasteiger partial charge in [-0.2, -0.15) is 0 Å². The number of nitrogens with zero attached hydrogens (tertiary/aromatic N) is 1. The molecule has 3 aliphatic rings. The number of methoxy groups -OCH3 is 1. The molecular formula is C23H19ClN2O5. The third kappa shape index (κ3) is 3.04. The Morgan fingerprint density at radius 2 is 1.84 bits per heavy atom. The number of hydrogen-bond acceptors (Lipinski definition) is 5. The maximum atomic E-state index is 13.3. The van der Waals surface area contributed by atoms with E-state index in [1.54, 1.807) is 67.8 Å². The molecule has 2 aromatic carbocycles. The third-order valence-electron chi connectivity index (χ3n) is 6.12. The van der Waals surface area contributed by atoms with Crippen LogP contribution in [0.4, 0.5) is 5.69 Å². The highest BCUT2D eigenvalue weighted by Crippen LogP contribution is 2.52. The quantitative estimate of drug-likeness (QED) is 0.573. The zero-order valence-corrected chi connectivity index (χ0v) is 17.3. The highest BCUT2D eigenvalue weighted by molar-refractivity contribution is 6.31. The van der Waals surface area contributed by atoms with Crippen molar-refractivity contribution in [2.75, 3.05) is 18.6 Å². The van der Waals surface area contributed by atoms with Gasteiger partial charge in [-0.1, -0.05) is 23.8 Å². The normalized spacial score (nSPS) is 28.2. The van der Waals surface area contributed by atoms with Crippen LogP contribution in [0, 0.1) is 11.8 Å². The second kappa shape index (κ2) is 7.21. The molecule has 2 saturated heterocycles. The molecule has 5 rings (SSSR count). The van der Waals surface area contributed by atoms with Crippen molar-refractivity contribution in [3.63, 3.8) is 0 Å². The van der Waals surface area contributed by atoms with E-state index >= 15 is 0 Å².